The highest BCUT2D eigenvalue weighted by Crippen LogP contribution is 2.41. The molecule has 2 heterocycles. The summed E-state index contributed by atoms with van der Waals surface area (Å²) in [7, 11) is 0. The lowest BCUT2D eigenvalue weighted by Crippen LogP contribution is -2.13. The largest absolute Gasteiger partial charge is 0.506 e. The van der Waals surface area contributed by atoms with Crippen molar-refractivity contribution in [3.63, 3.8) is 0 Å². The van der Waals surface area contributed by atoms with Gasteiger partial charge in [0.25, 0.3) is 0 Å². The summed E-state index contributed by atoms with van der Waals surface area (Å²) in [6.07, 6.45) is 3.49. The number of aromatic hydroxyl groups is 1. The van der Waals surface area contributed by atoms with E-state index >= 15 is 0 Å². The van der Waals surface area contributed by atoms with Crippen LogP contribution >= 0.6 is 11.6 Å². The standard InChI is InChI=1S/C22H19ClN4O2/c1-22(10-11-22)29-21-18-20(24-13-25-21)27(12-14-6-3-2-4-7-14)19(26-18)15-8-5-9-16(28)17(15)23/h2-9,13,28H,10-12H2,1H3. The normalized spacial score (nSPS) is 14.8. The number of rotatable bonds is 5. The molecule has 2 aromatic heterocycles. The maximum absolute atomic E-state index is 10.1. The first-order chi connectivity index (χ1) is 14.0. The van der Waals surface area contributed by atoms with Crippen molar-refractivity contribution in [3.05, 3.63) is 65.4 Å². The second-order valence-electron chi connectivity index (χ2n) is 7.55. The van der Waals surface area contributed by atoms with Gasteiger partial charge in [-0.3, -0.25) is 0 Å². The minimum atomic E-state index is -0.187. The fraction of sp³-hybridized carbons (Fsp3) is 0.227. The molecule has 0 aliphatic heterocycles. The molecular weight excluding hydrogens is 388 g/mol. The number of hydrogen-bond acceptors (Lipinski definition) is 5. The number of hydrogen-bond donors (Lipinski definition) is 1. The van der Waals surface area contributed by atoms with E-state index in [1.807, 2.05) is 41.0 Å². The molecule has 5 rings (SSSR count). The number of halogens is 1. The Balaban J connectivity index is 1.72. The van der Waals surface area contributed by atoms with Gasteiger partial charge in [0, 0.05) is 5.56 Å². The number of fused-ring (bicyclic) bond motifs is 1. The van der Waals surface area contributed by atoms with E-state index in [1.54, 1.807) is 12.1 Å². The Hall–Kier alpha value is -3.12. The SMILES string of the molecule is CC1(Oc2ncnc3c2nc(-c2cccc(O)c2Cl)n3Cc2ccccc2)CC1. The van der Waals surface area contributed by atoms with Crippen LogP contribution < -0.4 is 4.74 Å². The van der Waals surface area contributed by atoms with Crippen molar-refractivity contribution in [2.75, 3.05) is 0 Å². The number of phenols is 1. The van der Waals surface area contributed by atoms with Crippen LogP contribution in [0.25, 0.3) is 22.6 Å². The third kappa shape index (κ3) is 3.29. The number of imidazole rings is 1. The van der Waals surface area contributed by atoms with Crippen molar-refractivity contribution in [1.29, 1.82) is 0 Å². The van der Waals surface area contributed by atoms with Crippen LogP contribution in [0.2, 0.25) is 5.02 Å². The molecule has 1 fully saturated rings. The van der Waals surface area contributed by atoms with Crippen LogP contribution in [0.15, 0.2) is 54.9 Å². The minimum absolute atomic E-state index is 0.00975. The zero-order chi connectivity index (χ0) is 20.0. The number of aromatic nitrogens is 4. The lowest BCUT2D eigenvalue weighted by atomic mass is 10.2. The highest BCUT2D eigenvalue weighted by molar-refractivity contribution is 6.34. The van der Waals surface area contributed by atoms with Crippen LogP contribution in [0, 0.1) is 0 Å². The molecule has 0 spiro atoms. The van der Waals surface area contributed by atoms with Crippen molar-refractivity contribution >= 4 is 22.8 Å². The van der Waals surface area contributed by atoms with E-state index < -0.39 is 0 Å². The zero-order valence-corrected chi connectivity index (χ0v) is 16.6. The van der Waals surface area contributed by atoms with E-state index in [1.165, 1.54) is 6.33 Å². The second kappa shape index (κ2) is 6.74. The Morgan fingerprint density at radius 2 is 1.90 bits per heavy atom. The summed E-state index contributed by atoms with van der Waals surface area (Å²) in [6.45, 7) is 2.61. The number of ether oxygens (including phenoxy) is 1. The van der Waals surface area contributed by atoms with Gasteiger partial charge in [0.2, 0.25) is 5.88 Å². The van der Waals surface area contributed by atoms with Gasteiger partial charge in [-0.25, -0.2) is 9.97 Å². The van der Waals surface area contributed by atoms with Gasteiger partial charge in [0.05, 0.1) is 11.6 Å². The molecule has 0 saturated heterocycles. The molecule has 1 aliphatic carbocycles. The lowest BCUT2D eigenvalue weighted by molar-refractivity contribution is 0.194. The highest BCUT2D eigenvalue weighted by Gasteiger charge is 2.41. The summed E-state index contributed by atoms with van der Waals surface area (Å²) < 4.78 is 8.11. The first-order valence-corrected chi connectivity index (χ1v) is 9.84. The molecule has 1 saturated carbocycles. The Labute approximate surface area is 172 Å². The molecule has 0 bridgehead atoms. The van der Waals surface area contributed by atoms with E-state index in [0.29, 0.717) is 35.0 Å². The maximum Gasteiger partial charge on any atom is 0.245 e. The monoisotopic (exact) mass is 406 g/mol. The van der Waals surface area contributed by atoms with Crippen LogP contribution in [0.1, 0.15) is 25.3 Å². The molecular formula is C22H19ClN4O2. The van der Waals surface area contributed by atoms with Gasteiger partial charge in [0.1, 0.15) is 23.5 Å². The molecule has 0 radical (unpaired) electrons. The van der Waals surface area contributed by atoms with Gasteiger partial charge in [-0.2, -0.15) is 4.98 Å². The molecule has 6 nitrogen and oxygen atoms in total. The van der Waals surface area contributed by atoms with Crippen molar-refractivity contribution < 1.29 is 9.84 Å². The number of phenolic OH excluding ortho intramolecular Hbond substituents is 1. The Kier molecular flexibility index (Phi) is 4.17. The topological polar surface area (TPSA) is 73.1 Å². The minimum Gasteiger partial charge on any atom is -0.506 e. The lowest BCUT2D eigenvalue weighted by Gasteiger charge is -2.12. The van der Waals surface area contributed by atoms with E-state index in [4.69, 9.17) is 21.3 Å². The van der Waals surface area contributed by atoms with Crippen LogP contribution in [0.3, 0.4) is 0 Å². The van der Waals surface area contributed by atoms with Gasteiger partial charge >= 0.3 is 0 Å². The molecule has 4 aromatic rings. The smallest absolute Gasteiger partial charge is 0.245 e. The van der Waals surface area contributed by atoms with E-state index in [9.17, 15) is 5.11 Å². The molecule has 0 amide bonds. The predicted molar refractivity (Wildman–Crippen MR) is 111 cm³/mol. The molecule has 7 heteroatoms. The van der Waals surface area contributed by atoms with Gasteiger partial charge < -0.3 is 14.4 Å². The average Bonchev–Trinajstić information content (AvgIpc) is 3.34. The summed E-state index contributed by atoms with van der Waals surface area (Å²) in [5.41, 5.74) is 2.79. The highest BCUT2D eigenvalue weighted by atomic mass is 35.5. The van der Waals surface area contributed by atoms with Gasteiger partial charge in [-0.1, -0.05) is 48.0 Å². The summed E-state index contributed by atoms with van der Waals surface area (Å²) in [5, 5.41) is 10.4. The Morgan fingerprint density at radius 3 is 2.66 bits per heavy atom. The summed E-state index contributed by atoms with van der Waals surface area (Å²) in [5.74, 6) is 1.09. The Bertz CT molecular complexity index is 1200. The molecule has 0 atom stereocenters. The molecule has 1 N–H and O–H groups in total. The van der Waals surface area contributed by atoms with Crippen molar-refractivity contribution in [2.24, 2.45) is 0 Å². The third-order valence-electron chi connectivity index (χ3n) is 5.20. The fourth-order valence-electron chi connectivity index (χ4n) is 3.32. The van der Waals surface area contributed by atoms with E-state index in [-0.39, 0.29) is 16.4 Å². The van der Waals surface area contributed by atoms with Crippen LogP contribution in [0.4, 0.5) is 0 Å². The molecule has 2 aromatic carbocycles. The molecule has 0 unspecified atom stereocenters. The summed E-state index contributed by atoms with van der Waals surface area (Å²) in [6, 6.07) is 15.2. The number of nitrogens with zero attached hydrogens (tertiary/aromatic N) is 4. The van der Waals surface area contributed by atoms with Gasteiger partial charge in [-0.15, -0.1) is 0 Å². The first kappa shape index (κ1) is 17.9. The van der Waals surface area contributed by atoms with Gasteiger partial charge in [0.15, 0.2) is 11.2 Å². The molecule has 29 heavy (non-hydrogen) atoms. The maximum atomic E-state index is 10.1. The van der Waals surface area contributed by atoms with Crippen molar-refractivity contribution in [1.82, 2.24) is 19.5 Å². The van der Waals surface area contributed by atoms with Crippen LogP contribution in [0.5, 0.6) is 11.6 Å². The second-order valence-corrected chi connectivity index (χ2v) is 7.93. The zero-order valence-electron chi connectivity index (χ0n) is 15.8. The fourth-order valence-corrected chi connectivity index (χ4v) is 3.53. The van der Waals surface area contributed by atoms with Crippen LogP contribution in [-0.4, -0.2) is 30.2 Å². The summed E-state index contributed by atoms with van der Waals surface area (Å²) >= 11 is 6.42. The van der Waals surface area contributed by atoms with Crippen molar-refractivity contribution in [3.8, 4) is 23.0 Å². The number of benzene rings is 2. The third-order valence-corrected chi connectivity index (χ3v) is 5.60. The van der Waals surface area contributed by atoms with Crippen LogP contribution in [-0.2, 0) is 6.54 Å². The summed E-state index contributed by atoms with van der Waals surface area (Å²) in [4.78, 5) is 13.6. The molecule has 1 aliphatic rings. The first-order valence-electron chi connectivity index (χ1n) is 9.46. The quantitative estimate of drug-likeness (QED) is 0.513. The predicted octanol–water partition coefficient (Wildman–Crippen LogP) is 4.83. The van der Waals surface area contributed by atoms with Crippen molar-refractivity contribution in [2.45, 2.75) is 31.9 Å². The van der Waals surface area contributed by atoms with E-state index in [0.717, 1.165) is 18.4 Å². The molecule has 146 valence electrons. The average molecular weight is 407 g/mol. The van der Waals surface area contributed by atoms with Gasteiger partial charge in [-0.05, 0) is 37.5 Å². The van der Waals surface area contributed by atoms with E-state index in [2.05, 4.69) is 16.9 Å². The Morgan fingerprint density at radius 1 is 1.10 bits per heavy atom.